The van der Waals surface area contributed by atoms with Gasteiger partial charge < -0.3 is 15.3 Å². The molecule has 0 aromatic rings. The van der Waals surface area contributed by atoms with Crippen molar-refractivity contribution in [3.8, 4) is 0 Å². The number of hydrogen-bond acceptors (Lipinski definition) is 5. The predicted molar refractivity (Wildman–Crippen MR) is 44.6 cm³/mol. The number of aliphatic carboxylic acids is 1. The molecule has 0 bridgehead atoms. The Labute approximate surface area is 96.4 Å². The second-order valence-corrected chi connectivity index (χ2v) is 2.52. The Morgan fingerprint density at radius 2 is 1.86 bits per heavy atom. The Hall–Kier alpha value is -0.452. The van der Waals surface area contributed by atoms with Gasteiger partial charge >= 0.3 is 11.9 Å². The summed E-state index contributed by atoms with van der Waals surface area (Å²) in [6.07, 6.45) is 2.09. The summed E-state index contributed by atoms with van der Waals surface area (Å²) >= 11 is 0. The quantitative estimate of drug-likeness (QED) is 0.427. The monoisotopic (exact) mass is 385 g/mol. The average Bonchev–Trinajstić information content (AvgIpc) is 2.59. The number of nitrogens with one attached hydrogen (secondary N) is 1. The van der Waals surface area contributed by atoms with Gasteiger partial charge in [0.2, 0.25) is 0 Å². The van der Waals surface area contributed by atoms with Crippen molar-refractivity contribution in [3.63, 3.8) is 0 Å². The molecule has 0 aromatic heterocycles. The van der Waals surface area contributed by atoms with Gasteiger partial charge in [0.05, 0.1) is 0 Å². The van der Waals surface area contributed by atoms with Crippen LogP contribution in [0, 0.1) is 0 Å². The maximum absolute atomic E-state index is 9.89. The number of rotatable bonds is 2. The molecule has 0 radical (unpaired) electrons. The fourth-order valence-corrected chi connectivity index (χ4v) is 0.790. The zero-order chi connectivity index (χ0) is 10.1. The van der Waals surface area contributed by atoms with Crippen LogP contribution < -0.4 is 11.2 Å². The fraction of sp³-hybridized carbons (Fsp3) is 0.714. The van der Waals surface area contributed by atoms with Gasteiger partial charge in [-0.15, -0.1) is 0 Å². The minimum atomic E-state index is -1.25. The van der Waals surface area contributed by atoms with E-state index in [4.69, 9.17) is 5.11 Å². The van der Waals surface area contributed by atoms with Gasteiger partial charge in [-0.2, -0.15) is 5.90 Å². The summed E-state index contributed by atoms with van der Waals surface area (Å²) in [5.41, 5.74) is 0. The van der Waals surface area contributed by atoms with Crippen LogP contribution in [0.15, 0.2) is 0 Å². The van der Waals surface area contributed by atoms with E-state index < -0.39 is 18.4 Å². The normalized spacial score (nSPS) is 13.2. The summed E-state index contributed by atoms with van der Waals surface area (Å²) in [6, 6.07) is 0. The van der Waals surface area contributed by atoms with Crippen molar-refractivity contribution in [2.24, 2.45) is 5.90 Å². The molecule has 1 aliphatic rings. The van der Waals surface area contributed by atoms with Gasteiger partial charge in [-0.3, -0.25) is 4.79 Å². The van der Waals surface area contributed by atoms with E-state index in [-0.39, 0.29) is 21.1 Å². The summed E-state index contributed by atoms with van der Waals surface area (Å²) in [4.78, 5) is 23.0. The third-order valence-corrected chi connectivity index (χ3v) is 1.38. The Kier molecular flexibility index (Phi) is 12.1. The predicted octanol–water partition coefficient (Wildman–Crippen LogP) is -0.755. The van der Waals surface area contributed by atoms with E-state index >= 15 is 0 Å². The second kappa shape index (κ2) is 10.6. The van der Waals surface area contributed by atoms with Crippen molar-refractivity contribution in [3.05, 3.63) is 0 Å². The number of hydrogen-bond donors (Lipinski definition) is 3. The molecule has 14 heavy (non-hydrogen) atoms. The molecular formula is C7H14N2O4Pt. The van der Waals surface area contributed by atoms with Gasteiger partial charge in [-0.1, -0.05) is 0 Å². The van der Waals surface area contributed by atoms with Crippen LogP contribution in [-0.2, 0) is 35.5 Å². The first-order chi connectivity index (χ1) is 6.16. The molecule has 0 saturated carbocycles. The minimum absolute atomic E-state index is 0. The van der Waals surface area contributed by atoms with Crippen LogP contribution in [0.1, 0.15) is 19.3 Å². The van der Waals surface area contributed by atoms with Gasteiger partial charge in [-0.05, 0) is 25.9 Å². The Balaban J connectivity index is 0. The van der Waals surface area contributed by atoms with Gasteiger partial charge in [0.15, 0.2) is 0 Å². The van der Waals surface area contributed by atoms with Crippen molar-refractivity contribution >= 4 is 11.9 Å². The molecule has 6 nitrogen and oxygen atoms in total. The van der Waals surface area contributed by atoms with E-state index in [0.29, 0.717) is 0 Å². The van der Waals surface area contributed by atoms with Crippen molar-refractivity contribution in [1.29, 1.82) is 0 Å². The number of nitrogens with two attached hydrogens (primary N) is 1. The summed E-state index contributed by atoms with van der Waals surface area (Å²) in [7, 11) is 0. The molecule has 1 aliphatic heterocycles. The van der Waals surface area contributed by atoms with E-state index in [9.17, 15) is 9.59 Å². The van der Waals surface area contributed by atoms with Crippen LogP contribution in [-0.4, -0.2) is 30.1 Å². The largest absolute Gasteiger partial charge is 0.481 e. The third-order valence-electron chi connectivity index (χ3n) is 1.38. The van der Waals surface area contributed by atoms with E-state index in [1.165, 1.54) is 25.9 Å². The molecule has 0 amide bonds. The molecule has 1 saturated heterocycles. The molecule has 1 rings (SSSR count). The third kappa shape index (κ3) is 11.5. The van der Waals surface area contributed by atoms with Gasteiger partial charge in [0.1, 0.15) is 6.42 Å². The van der Waals surface area contributed by atoms with Crippen LogP contribution in [0.4, 0.5) is 0 Å². The summed E-state index contributed by atoms with van der Waals surface area (Å²) in [5, 5.41) is 11.1. The summed E-state index contributed by atoms with van der Waals surface area (Å²) in [6.45, 7) is 2.50. The van der Waals surface area contributed by atoms with Crippen LogP contribution in [0.5, 0.6) is 0 Å². The van der Waals surface area contributed by atoms with Crippen molar-refractivity contribution in [2.45, 2.75) is 19.3 Å². The first-order valence-electron chi connectivity index (χ1n) is 3.99. The Morgan fingerprint density at radius 3 is 2.00 bits per heavy atom. The molecule has 1 fully saturated rings. The molecular weight excluding hydrogens is 371 g/mol. The number of carboxylic acids is 1. The van der Waals surface area contributed by atoms with Gasteiger partial charge in [-0.25, -0.2) is 4.79 Å². The van der Waals surface area contributed by atoms with Gasteiger partial charge in [0, 0.05) is 21.1 Å². The molecule has 7 heteroatoms. The first kappa shape index (κ1) is 16.0. The maximum atomic E-state index is 9.89. The summed E-state index contributed by atoms with van der Waals surface area (Å²) in [5.74, 6) is 2.11. The Bertz CT molecular complexity index is 165. The van der Waals surface area contributed by atoms with Crippen molar-refractivity contribution < 1.29 is 40.6 Å². The average molecular weight is 385 g/mol. The number of carboxylic acid groups (broad SMARTS) is 1. The number of carbonyl (C=O) groups excluding carboxylic acids is 1. The second-order valence-electron chi connectivity index (χ2n) is 2.52. The standard InChI is InChI=1S/C4H9N.C3H5NO4.Pt/c1-2-4-5-3-1;4-8-3(7)1-2(5)6;/h5H,1-4H2;1,4H2,(H,5,6);. The van der Waals surface area contributed by atoms with E-state index in [1.807, 2.05) is 0 Å². The SMILES string of the molecule is C1CCNC1.NOC(=O)CC(=O)O.[Pt]. The van der Waals surface area contributed by atoms with Gasteiger partial charge in [0.25, 0.3) is 0 Å². The Morgan fingerprint density at radius 1 is 1.36 bits per heavy atom. The van der Waals surface area contributed by atoms with Crippen molar-refractivity contribution in [1.82, 2.24) is 5.32 Å². The smallest absolute Gasteiger partial charge is 0.335 e. The fourth-order valence-electron chi connectivity index (χ4n) is 0.790. The minimum Gasteiger partial charge on any atom is -0.481 e. The zero-order valence-electron chi connectivity index (χ0n) is 7.60. The first-order valence-corrected chi connectivity index (χ1v) is 3.99. The zero-order valence-corrected chi connectivity index (χ0v) is 9.87. The molecule has 0 unspecified atom stereocenters. The molecule has 86 valence electrons. The summed E-state index contributed by atoms with van der Waals surface area (Å²) < 4.78 is 0. The van der Waals surface area contributed by atoms with E-state index in [0.717, 1.165) is 0 Å². The molecule has 1 heterocycles. The number of carbonyl (C=O) groups is 2. The van der Waals surface area contributed by atoms with E-state index in [2.05, 4.69) is 16.1 Å². The van der Waals surface area contributed by atoms with Crippen LogP contribution in [0.2, 0.25) is 0 Å². The molecule has 0 atom stereocenters. The molecule has 4 N–H and O–H groups in total. The van der Waals surface area contributed by atoms with Crippen LogP contribution in [0.25, 0.3) is 0 Å². The maximum Gasteiger partial charge on any atom is 0.335 e. The topological polar surface area (TPSA) is 102 Å². The molecule has 0 aromatic carbocycles. The van der Waals surface area contributed by atoms with E-state index in [1.54, 1.807) is 0 Å². The molecule has 0 spiro atoms. The van der Waals surface area contributed by atoms with Crippen LogP contribution >= 0.6 is 0 Å². The van der Waals surface area contributed by atoms with Crippen LogP contribution in [0.3, 0.4) is 0 Å². The molecule has 0 aliphatic carbocycles. The van der Waals surface area contributed by atoms with Crippen molar-refractivity contribution in [2.75, 3.05) is 13.1 Å².